The first-order valence-electron chi connectivity index (χ1n) is 5.91. The minimum absolute atomic E-state index is 0.0365. The number of methoxy groups -OCH3 is 1. The van der Waals surface area contributed by atoms with E-state index in [1.54, 1.807) is 25.3 Å². The molecule has 0 spiro atoms. The van der Waals surface area contributed by atoms with Gasteiger partial charge in [0.05, 0.1) is 32.4 Å². The third-order valence-corrected chi connectivity index (χ3v) is 2.86. The van der Waals surface area contributed by atoms with Crippen LogP contribution >= 0.6 is 0 Å². The maximum absolute atomic E-state index is 11.8. The number of hydrogen-bond acceptors (Lipinski definition) is 5. The summed E-state index contributed by atoms with van der Waals surface area (Å²) >= 11 is 0. The van der Waals surface area contributed by atoms with Gasteiger partial charge in [0.2, 0.25) is 0 Å². The Morgan fingerprint density at radius 1 is 1.56 bits per heavy atom. The average Bonchev–Trinajstić information content (AvgIpc) is 2.91. The van der Waals surface area contributed by atoms with E-state index < -0.39 is 0 Å². The molecule has 2 N–H and O–H groups in total. The lowest BCUT2D eigenvalue weighted by molar-refractivity contribution is 0.0988. The lowest BCUT2D eigenvalue weighted by Gasteiger charge is -2.17. The van der Waals surface area contributed by atoms with Crippen molar-refractivity contribution in [3.05, 3.63) is 23.8 Å². The summed E-state index contributed by atoms with van der Waals surface area (Å²) in [6, 6.07) is 5.21. The zero-order chi connectivity index (χ0) is 13.0. The number of benzene rings is 1. The molecule has 5 heteroatoms. The zero-order valence-electron chi connectivity index (χ0n) is 10.3. The molecular formula is C13H17NO4. The molecule has 0 aliphatic carbocycles. The van der Waals surface area contributed by atoms with Crippen LogP contribution in [0.3, 0.4) is 0 Å². The summed E-state index contributed by atoms with van der Waals surface area (Å²) in [6.07, 6.45) is 0.777. The van der Waals surface area contributed by atoms with Crippen molar-refractivity contribution in [1.29, 1.82) is 0 Å². The van der Waals surface area contributed by atoms with Crippen LogP contribution in [0.2, 0.25) is 0 Å². The minimum atomic E-state index is -0.164. The SMILES string of the molecule is COc1cccc(C(=O)CN)c1OC1CCOC1. The number of para-hydroxylation sites is 1. The molecule has 2 rings (SSSR count). The van der Waals surface area contributed by atoms with Crippen molar-refractivity contribution in [2.75, 3.05) is 26.9 Å². The molecule has 18 heavy (non-hydrogen) atoms. The first kappa shape index (κ1) is 12.9. The Morgan fingerprint density at radius 3 is 3.00 bits per heavy atom. The number of ketones is 1. The highest BCUT2D eigenvalue weighted by molar-refractivity contribution is 6.00. The van der Waals surface area contributed by atoms with Crippen LogP contribution in [0.4, 0.5) is 0 Å². The number of hydrogen-bond donors (Lipinski definition) is 1. The van der Waals surface area contributed by atoms with E-state index in [2.05, 4.69) is 0 Å². The second-order valence-corrected chi connectivity index (χ2v) is 4.07. The van der Waals surface area contributed by atoms with Gasteiger partial charge in [-0.1, -0.05) is 6.07 Å². The molecule has 0 saturated carbocycles. The summed E-state index contributed by atoms with van der Waals surface area (Å²) in [5, 5.41) is 0. The Bertz CT molecular complexity index is 427. The van der Waals surface area contributed by atoms with Gasteiger partial charge in [-0.3, -0.25) is 4.79 Å². The van der Waals surface area contributed by atoms with Gasteiger partial charge in [-0.15, -0.1) is 0 Å². The van der Waals surface area contributed by atoms with Crippen molar-refractivity contribution in [3.8, 4) is 11.5 Å². The highest BCUT2D eigenvalue weighted by Gasteiger charge is 2.22. The zero-order valence-corrected chi connectivity index (χ0v) is 10.3. The largest absolute Gasteiger partial charge is 0.493 e. The van der Waals surface area contributed by atoms with E-state index >= 15 is 0 Å². The monoisotopic (exact) mass is 251 g/mol. The molecule has 1 aliphatic rings. The van der Waals surface area contributed by atoms with Crippen molar-refractivity contribution < 1.29 is 19.0 Å². The molecule has 1 heterocycles. The number of Topliss-reactive ketones (excluding diaryl/α,β-unsaturated/α-hetero) is 1. The van der Waals surface area contributed by atoms with E-state index in [9.17, 15) is 4.79 Å². The molecule has 1 aromatic rings. The van der Waals surface area contributed by atoms with E-state index in [0.29, 0.717) is 30.3 Å². The summed E-state index contributed by atoms with van der Waals surface area (Å²) in [6.45, 7) is 1.17. The van der Waals surface area contributed by atoms with Crippen LogP contribution in [-0.4, -0.2) is 38.8 Å². The van der Waals surface area contributed by atoms with Crippen molar-refractivity contribution in [1.82, 2.24) is 0 Å². The van der Waals surface area contributed by atoms with Crippen LogP contribution in [-0.2, 0) is 4.74 Å². The quantitative estimate of drug-likeness (QED) is 0.791. The standard InChI is InChI=1S/C13H17NO4/c1-16-12-4-2-3-10(11(15)7-14)13(12)18-9-5-6-17-8-9/h2-4,9H,5-8,14H2,1H3. The van der Waals surface area contributed by atoms with E-state index in [1.165, 1.54) is 0 Å². The topological polar surface area (TPSA) is 70.8 Å². The Kier molecular flexibility index (Phi) is 4.17. The van der Waals surface area contributed by atoms with Gasteiger partial charge >= 0.3 is 0 Å². The van der Waals surface area contributed by atoms with Gasteiger partial charge in [0.15, 0.2) is 17.3 Å². The molecule has 1 unspecified atom stereocenters. The van der Waals surface area contributed by atoms with Gasteiger partial charge < -0.3 is 19.9 Å². The van der Waals surface area contributed by atoms with Crippen LogP contribution < -0.4 is 15.2 Å². The van der Waals surface area contributed by atoms with Crippen molar-refractivity contribution in [2.45, 2.75) is 12.5 Å². The van der Waals surface area contributed by atoms with Crippen molar-refractivity contribution in [2.24, 2.45) is 5.73 Å². The van der Waals surface area contributed by atoms with E-state index in [1.807, 2.05) is 0 Å². The second kappa shape index (κ2) is 5.84. The van der Waals surface area contributed by atoms with Crippen LogP contribution in [0.15, 0.2) is 18.2 Å². The Hall–Kier alpha value is -1.59. The van der Waals surface area contributed by atoms with Crippen LogP contribution in [0.1, 0.15) is 16.8 Å². The molecule has 1 saturated heterocycles. The van der Waals surface area contributed by atoms with E-state index in [0.717, 1.165) is 6.42 Å². The fraction of sp³-hybridized carbons (Fsp3) is 0.462. The summed E-state index contributed by atoms with van der Waals surface area (Å²) in [4.78, 5) is 11.8. The maximum atomic E-state index is 11.8. The van der Waals surface area contributed by atoms with Crippen molar-refractivity contribution in [3.63, 3.8) is 0 Å². The van der Waals surface area contributed by atoms with E-state index in [4.69, 9.17) is 19.9 Å². The van der Waals surface area contributed by atoms with Crippen LogP contribution in [0.5, 0.6) is 11.5 Å². The van der Waals surface area contributed by atoms with Crippen molar-refractivity contribution >= 4 is 5.78 Å². The molecule has 0 radical (unpaired) electrons. The third kappa shape index (κ3) is 2.63. The van der Waals surface area contributed by atoms with Crippen LogP contribution in [0, 0.1) is 0 Å². The number of carbonyl (C=O) groups excluding carboxylic acids is 1. The summed E-state index contributed by atoms with van der Waals surface area (Å²) in [5.41, 5.74) is 5.86. The van der Waals surface area contributed by atoms with Gasteiger partial charge in [0, 0.05) is 6.42 Å². The van der Waals surface area contributed by atoms with E-state index in [-0.39, 0.29) is 18.4 Å². The predicted molar refractivity (Wildman–Crippen MR) is 66.2 cm³/mol. The predicted octanol–water partition coefficient (Wildman–Crippen LogP) is 1.00. The third-order valence-electron chi connectivity index (χ3n) is 2.86. The lowest BCUT2D eigenvalue weighted by Crippen LogP contribution is -2.20. The highest BCUT2D eigenvalue weighted by Crippen LogP contribution is 2.33. The molecule has 1 aromatic carbocycles. The Balaban J connectivity index is 2.30. The fourth-order valence-electron chi connectivity index (χ4n) is 1.90. The van der Waals surface area contributed by atoms with Gasteiger partial charge in [-0.25, -0.2) is 0 Å². The van der Waals surface area contributed by atoms with Crippen LogP contribution in [0.25, 0.3) is 0 Å². The Morgan fingerprint density at radius 2 is 2.39 bits per heavy atom. The first-order chi connectivity index (χ1) is 8.76. The fourth-order valence-corrected chi connectivity index (χ4v) is 1.90. The first-order valence-corrected chi connectivity index (χ1v) is 5.91. The molecular weight excluding hydrogens is 234 g/mol. The highest BCUT2D eigenvalue weighted by atomic mass is 16.6. The molecule has 1 fully saturated rings. The van der Waals surface area contributed by atoms with Gasteiger partial charge in [-0.2, -0.15) is 0 Å². The second-order valence-electron chi connectivity index (χ2n) is 4.07. The summed E-state index contributed by atoms with van der Waals surface area (Å²) in [5.74, 6) is 0.843. The normalized spacial score (nSPS) is 18.7. The average molecular weight is 251 g/mol. The number of carbonyl (C=O) groups is 1. The molecule has 0 amide bonds. The van der Waals surface area contributed by atoms with Gasteiger partial charge in [0.1, 0.15) is 6.10 Å². The molecule has 0 bridgehead atoms. The Labute approximate surface area is 106 Å². The molecule has 5 nitrogen and oxygen atoms in total. The summed E-state index contributed by atoms with van der Waals surface area (Å²) < 4.78 is 16.3. The molecule has 1 atom stereocenters. The molecule has 98 valence electrons. The summed E-state index contributed by atoms with van der Waals surface area (Å²) in [7, 11) is 1.55. The molecule has 1 aliphatic heterocycles. The number of rotatable bonds is 5. The molecule has 0 aromatic heterocycles. The van der Waals surface area contributed by atoms with Gasteiger partial charge in [0.25, 0.3) is 0 Å². The maximum Gasteiger partial charge on any atom is 0.180 e. The lowest BCUT2D eigenvalue weighted by atomic mass is 10.1. The smallest absolute Gasteiger partial charge is 0.180 e. The van der Waals surface area contributed by atoms with Gasteiger partial charge in [-0.05, 0) is 12.1 Å². The minimum Gasteiger partial charge on any atom is -0.493 e. The number of ether oxygens (including phenoxy) is 3. The number of nitrogens with two attached hydrogens (primary N) is 1.